The maximum absolute atomic E-state index is 8.96. The minimum Gasteiger partial charge on any atom is -0.395 e. The third kappa shape index (κ3) is 5.87. The first-order valence-electron chi connectivity index (χ1n) is 6.00. The third-order valence-corrected chi connectivity index (χ3v) is 2.68. The average molecular weight is 254 g/mol. The Morgan fingerprint density at radius 3 is 2.59 bits per heavy atom. The first kappa shape index (κ1) is 14.2. The SMILES string of the molecule is CCCN(CCO)C/C(Cl)=C/c1ccccc1. The molecule has 0 unspecified atom stereocenters. The molecular formula is C14H20ClNO. The van der Waals surface area contributed by atoms with Crippen LogP contribution in [0.25, 0.3) is 6.08 Å². The Morgan fingerprint density at radius 2 is 2.00 bits per heavy atom. The van der Waals surface area contributed by atoms with Gasteiger partial charge in [-0.1, -0.05) is 48.9 Å². The fourth-order valence-corrected chi connectivity index (χ4v) is 2.01. The Labute approximate surface area is 109 Å². The standard InChI is InChI=1S/C14H20ClNO/c1-2-8-16(9-10-17)12-14(15)11-13-6-4-3-5-7-13/h3-7,11,17H,2,8-10,12H2,1H3/b14-11-. The van der Waals surface area contributed by atoms with E-state index in [2.05, 4.69) is 11.8 Å². The molecule has 0 aromatic heterocycles. The largest absolute Gasteiger partial charge is 0.395 e. The first-order chi connectivity index (χ1) is 8.26. The van der Waals surface area contributed by atoms with E-state index in [0.717, 1.165) is 23.6 Å². The summed E-state index contributed by atoms with van der Waals surface area (Å²) in [5.74, 6) is 0. The summed E-state index contributed by atoms with van der Waals surface area (Å²) in [6, 6.07) is 10.0. The van der Waals surface area contributed by atoms with E-state index in [4.69, 9.17) is 16.7 Å². The number of aliphatic hydroxyl groups is 1. The van der Waals surface area contributed by atoms with Crippen molar-refractivity contribution in [1.29, 1.82) is 0 Å². The van der Waals surface area contributed by atoms with Crippen molar-refractivity contribution in [2.45, 2.75) is 13.3 Å². The van der Waals surface area contributed by atoms with Crippen LogP contribution >= 0.6 is 11.6 Å². The van der Waals surface area contributed by atoms with E-state index in [0.29, 0.717) is 13.1 Å². The fraction of sp³-hybridized carbons (Fsp3) is 0.429. The van der Waals surface area contributed by atoms with Gasteiger partial charge in [-0.25, -0.2) is 0 Å². The summed E-state index contributed by atoms with van der Waals surface area (Å²) in [7, 11) is 0. The normalized spacial score (nSPS) is 12.1. The topological polar surface area (TPSA) is 23.5 Å². The van der Waals surface area contributed by atoms with Crippen LogP contribution < -0.4 is 0 Å². The van der Waals surface area contributed by atoms with Gasteiger partial charge in [-0.05, 0) is 24.6 Å². The van der Waals surface area contributed by atoms with Crippen LogP contribution in [0.3, 0.4) is 0 Å². The molecule has 1 N–H and O–H groups in total. The van der Waals surface area contributed by atoms with Gasteiger partial charge in [-0.15, -0.1) is 0 Å². The molecule has 1 aromatic rings. The summed E-state index contributed by atoms with van der Waals surface area (Å²) in [4.78, 5) is 2.15. The maximum atomic E-state index is 8.96. The van der Waals surface area contributed by atoms with Crippen molar-refractivity contribution in [2.24, 2.45) is 0 Å². The summed E-state index contributed by atoms with van der Waals surface area (Å²) in [6.07, 6.45) is 3.04. The highest BCUT2D eigenvalue weighted by Crippen LogP contribution is 2.11. The number of nitrogens with zero attached hydrogens (tertiary/aromatic N) is 1. The van der Waals surface area contributed by atoms with Gasteiger partial charge < -0.3 is 5.11 Å². The Morgan fingerprint density at radius 1 is 1.29 bits per heavy atom. The van der Waals surface area contributed by atoms with Crippen molar-refractivity contribution >= 4 is 17.7 Å². The van der Waals surface area contributed by atoms with Crippen LogP contribution in [-0.4, -0.2) is 36.2 Å². The minimum absolute atomic E-state index is 0.176. The highest BCUT2D eigenvalue weighted by molar-refractivity contribution is 6.31. The molecule has 1 rings (SSSR count). The van der Waals surface area contributed by atoms with Gasteiger partial charge in [-0.3, -0.25) is 4.90 Å². The molecule has 0 fully saturated rings. The van der Waals surface area contributed by atoms with E-state index in [1.54, 1.807) is 0 Å². The number of hydrogen-bond donors (Lipinski definition) is 1. The molecule has 3 heteroatoms. The van der Waals surface area contributed by atoms with Gasteiger partial charge in [0.2, 0.25) is 0 Å². The van der Waals surface area contributed by atoms with Gasteiger partial charge in [-0.2, -0.15) is 0 Å². The average Bonchev–Trinajstić information content (AvgIpc) is 2.30. The van der Waals surface area contributed by atoms with Crippen LogP contribution in [0.4, 0.5) is 0 Å². The van der Waals surface area contributed by atoms with Crippen LogP contribution in [0.1, 0.15) is 18.9 Å². The van der Waals surface area contributed by atoms with Crippen molar-refractivity contribution in [2.75, 3.05) is 26.2 Å². The Hall–Kier alpha value is -0.830. The summed E-state index contributed by atoms with van der Waals surface area (Å²) in [6.45, 7) is 4.63. The van der Waals surface area contributed by atoms with E-state index in [9.17, 15) is 0 Å². The van der Waals surface area contributed by atoms with Gasteiger partial charge in [0, 0.05) is 18.1 Å². The zero-order chi connectivity index (χ0) is 12.5. The predicted octanol–water partition coefficient (Wildman–Crippen LogP) is 2.97. The molecule has 0 saturated heterocycles. The van der Waals surface area contributed by atoms with E-state index in [1.807, 2.05) is 36.4 Å². The zero-order valence-corrected chi connectivity index (χ0v) is 11.0. The van der Waals surface area contributed by atoms with Crippen molar-refractivity contribution in [3.8, 4) is 0 Å². The lowest BCUT2D eigenvalue weighted by Crippen LogP contribution is -2.28. The maximum Gasteiger partial charge on any atom is 0.0558 e. The van der Waals surface area contributed by atoms with Gasteiger partial charge >= 0.3 is 0 Å². The number of aliphatic hydroxyl groups excluding tert-OH is 1. The highest BCUT2D eigenvalue weighted by Gasteiger charge is 2.04. The molecule has 1 aromatic carbocycles. The Balaban J connectivity index is 2.57. The summed E-state index contributed by atoms with van der Waals surface area (Å²) in [5.41, 5.74) is 1.11. The molecule has 0 radical (unpaired) electrons. The molecule has 2 nitrogen and oxygen atoms in total. The van der Waals surface area contributed by atoms with E-state index in [1.165, 1.54) is 0 Å². The molecule has 0 heterocycles. The zero-order valence-electron chi connectivity index (χ0n) is 10.3. The van der Waals surface area contributed by atoms with Crippen LogP contribution in [0.2, 0.25) is 0 Å². The number of halogens is 1. The molecule has 0 aliphatic rings. The van der Waals surface area contributed by atoms with Gasteiger partial charge in [0.1, 0.15) is 0 Å². The summed E-state index contributed by atoms with van der Waals surface area (Å²) < 4.78 is 0. The minimum atomic E-state index is 0.176. The molecule has 0 aliphatic heterocycles. The molecule has 17 heavy (non-hydrogen) atoms. The molecule has 0 bridgehead atoms. The molecular weight excluding hydrogens is 234 g/mol. The van der Waals surface area contributed by atoms with Crippen LogP contribution in [0, 0.1) is 0 Å². The monoisotopic (exact) mass is 253 g/mol. The summed E-state index contributed by atoms with van der Waals surface area (Å²) >= 11 is 6.22. The second-order valence-corrected chi connectivity index (χ2v) is 4.49. The predicted molar refractivity (Wildman–Crippen MR) is 74.1 cm³/mol. The molecule has 0 saturated carbocycles. The second kappa shape index (κ2) is 8.29. The molecule has 0 spiro atoms. The van der Waals surface area contributed by atoms with Crippen LogP contribution in [0.5, 0.6) is 0 Å². The number of benzene rings is 1. The third-order valence-electron chi connectivity index (χ3n) is 2.45. The molecule has 0 amide bonds. The Bertz CT molecular complexity index is 331. The number of rotatable bonds is 7. The first-order valence-corrected chi connectivity index (χ1v) is 6.38. The lowest BCUT2D eigenvalue weighted by atomic mass is 10.2. The summed E-state index contributed by atoms with van der Waals surface area (Å²) in [5, 5.41) is 9.77. The quantitative estimate of drug-likeness (QED) is 0.808. The Kier molecular flexibility index (Phi) is 6.94. The molecule has 0 atom stereocenters. The van der Waals surface area contributed by atoms with Gasteiger partial charge in [0.25, 0.3) is 0 Å². The van der Waals surface area contributed by atoms with Crippen molar-refractivity contribution in [1.82, 2.24) is 4.90 Å². The van der Waals surface area contributed by atoms with Crippen LogP contribution in [0.15, 0.2) is 35.4 Å². The van der Waals surface area contributed by atoms with Gasteiger partial charge in [0.15, 0.2) is 0 Å². The lowest BCUT2D eigenvalue weighted by molar-refractivity contribution is 0.208. The number of hydrogen-bond acceptors (Lipinski definition) is 2. The second-order valence-electron chi connectivity index (χ2n) is 4.00. The lowest BCUT2D eigenvalue weighted by Gasteiger charge is -2.19. The van der Waals surface area contributed by atoms with Crippen molar-refractivity contribution in [3.05, 3.63) is 40.9 Å². The van der Waals surface area contributed by atoms with Crippen molar-refractivity contribution in [3.63, 3.8) is 0 Å². The van der Waals surface area contributed by atoms with Gasteiger partial charge in [0.05, 0.1) is 6.61 Å². The molecule has 0 aliphatic carbocycles. The highest BCUT2D eigenvalue weighted by atomic mass is 35.5. The fourth-order valence-electron chi connectivity index (χ4n) is 1.72. The van der Waals surface area contributed by atoms with E-state index < -0.39 is 0 Å². The van der Waals surface area contributed by atoms with E-state index >= 15 is 0 Å². The molecule has 94 valence electrons. The smallest absolute Gasteiger partial charge is 0.0558 e. The van der Waals surface area contributed by atoms with E-state index in [-0.39, 0.29) is 6.61 Å². The van der Waals surface area contributed by atoms with Crippen LogP contribution in [-0.2, 0) is 0 Å². The van der Waals surface area contributed by atoms with Crippen molar-refractivity contribution < 1.29 is 5.11 Å².